The first-order chi connectivity index (χ1) is 6.79. The van der Waals surface area contributed by atoms with Gasteiger partial charge in [0, 0.05) is 26.1 Å². The predicted molar refractivity (Wildman–Crippen MR) is 53.5 cm³/mol. The van der Waals surface area contributed by atoms with E-state index in [9.17, 15) is 4.79 Å². The molecule has 1 amide bonds. The van der Waals surface area contributed by atoms with Crippen molar-refractivity contribution in [2.24, 2.45) is 0 Å². The molecule has 0 bridgehead atoms. The van der Waals surface area contributed by atoms with Crippen LogP contribution in [0, 0.1) is 11.3 Å². The summed E-state index contributed by atoms with van der Waals surface area (Å²) in [7, 11) is 0. The van der Waals surface area contributed by atoms with Gasteiger partial charge in [0.15, 0.2) is 0 Å². The van der Waals surface area contributed by atoms with E-state index >= 15 is 0 Å². The van der Waals surface area contributed by atoms with Crippen LogP contribution in [0.5, 0.6) is 0 Å². The van der Waals surface area contributed by atoms with Crippen molar-refractivity contribution in [1.29, 1.82) is 5.26 Å². The molecule has 0 aromatic carbocycles. The van der Waals surface area contributed by atoms with Crippen molar-refractivity contribution in [2.75, 3.05) is 19.6 Å². The highest BCUT2D eigenvalue weighted by Crippen LogP contribution is 2.07. The molecule has 1 N–H and O–H groups in total. The minimum absolute atomic E-state index is 0.125. The van der Waals surface area contributed by atoms with E-state index in [4.69, 9.17) is 5.26 Å². The smallest absolute Gasteiger partial charge is 0.223 e. The Hall–Kier alpha value is -1.08. The number of nitrogens with zero attached hydrogens (tertiary/aromatic N) is 2. The molecule has 1 saturated heterocycles. The van der Waals surface area contributed by atoms with Gasteiger partial charge < -0.3 is 10.2 Å². The fourth-order valence-electron chi connectivity index (χ4n) is 1.59. The van der Waals surface area contributed by atoms with Crippen molar-refractivity contribution in [3.8, 4) is 6.07 Å². The van der Waals surface area contributed by atoms with E-state index in [2.05, 4.69) is 18.3 Å². The molecule has 1 unspecified atom stereocenters. The summed E-state index contributed by atoms with van der Waals surface area (Å²) in [5.41, 5.74) is 0. The maximum atomic E-state index is 11.7. The Morgan fingerprint density at radius 2 is 2.50 bits per heavy atom. The Morgan fingerprint density at radius 1 is 1.71 bits per heavy atom. The summed E-state index contributed by atoms with van der Waals surface area (Å²) in [6.45, 7) is 4.14. The van der Waals surface area contributed by atoms with E-state index < -0.39 is 0 Å². The molecule has 1 fully saturated rings. The number of hydrogen-bond donors (Lipinski definition) is 1. The Labute approximate surface area is 84.9 Å². The molecule has 14 heavy (non-hydrogen) atoms. The summed E-state index contributed by atoms with van der Waals surface area (Å²) in [6, 6.07) is 1.88. The largest absolute Gasteiger partial charge is 0.324 e. The van der Waals surface area contributed by atoms with Crippen molar-refractivity contribution in [3.05, 3.63) is 0 Å². The monoisotopic (exact) mass is 195 g/mol. The zero-order valence-corrected chi connectivity index (χ0v) is 8.62. The van der Waals surface area contributed by atoms with Gasteiger partial charge in [0.2, 0.25) is 5.91 Å². The summed E-state index contributed by atoms with van der Waals surface area (Å²) < 4.78 is 0. The summed E-state index contributed by atoms with van der Waals surface area (Å²) in [5, 5.41) is 12.0. The van der Waals surface area contributed by atoms with Crippen LogP contribution in [0.25, 0.3) is 0 Å². The van der Waals surface area contributed by atoms with Gasteiger partial charge in [-0.3, -0.25) is 4.79 Å². The van der Waals surface area contributed by atoms with Crippen LogP contribution >= 0.6 is 0 Å². The molecule has 1 heterocycles. The highest BCUT2D eigenvalue weighted by molar-refractivity contribution is 5.77. The van der Waals surface area contributed by atoms with Crippen molar-refractivity contribution >= 4 is 5.91 Å². The fraction of sp³-hybridized carbons (Fsp3) is 0.800. The second-order valence-electron chi connectivity index (χ2n) is 3.54. The van der Waals surface area contributed by atoms with Gasteiger partial charge in [-0.25, -0.2) is 0 Å². The zero-order chi connectivity index (χ0) is 10.4. The number of carbonyl (C=O) groups is 1. The van der Waals surface area contributed by atoms with E-state index in [1.165, 1.54) is 0 Å². The summed E-state index contributed by atoms with van der Waals surface area (Å²) in [6.07, 6.45) is 2.52. The van der Waals surface area contributed by atoms with Crippen LogP contribution in [-0.2, 0) is 4.79 Å². The molecule has 1 atom stereocenters. The number of piperazine rings is 1. The first-order valence-corrected chi connectivity index (χ1v) is 5.19. The highest BCUT2D eigenvalue weighted by atomic mass is 16.2. The number of carbonyl (C=O) groups excluding carboxylic acids is 1. The Morgan fingerprint density at radius 3 is 3.14 bits per heavy atom. The Kier molecular flexibility index (Phi) is 4.41. The van der Waals surface area contributed by atoms with Gasteiger partial charge in [-0.1, -0.05) is 13.3 Å². The molecular formula is C10H17N3O. The summed E-state index contributed by atoms with van der Waals surface area (Å²) in [4.78, 5) is 13.4. The van der Waals surface area contributed by atoms with Gasteiger partial charge in [-0.15, -0.1) is 0 Å². The number of hydrogen-bond acceptors (Lipinski definition) is 3. The minimum Gasteiger partial charge on any atom is -0.324 e. The molecule has 0 radical (unpaired) electrons. The van der Waals surface area contributed by atoms with E-state index in [-0.39, 0.29) is 11.9 Å². The lowest BCUT2D eigenvalue weighted by atomic mass is 10.1. The third-order valence-electron chi connectivity index (χ3n) is 2.46. The average molecular weight is 195 g/mol. The van der Waals surface area contributed by atoms with Crippen molar-refractivity contribution in [2.45, 2.75) is 32.2 Å². The van der Waals surface area contributed by atoms with E-state index in [0.29, 0.717) is 19.5 Å². The molecule has 0 aromatic heterocycles. The van der Waals surface area contributed by atoms with E-state index in [1.807, 2.05) is 0 Å². The number of unbranched alkanes of at least 4 members (excludes halogenated alkanes) is 1. The van der Waals surface area contributed by atoms with E-state index in [1.54, 1.807) is 4.90 Å². The maximum absolute atomic E-state index is 11.7. The van der Waals surface area contributed by atoms with Gasteiger partial charge in [0.05, 0.1) is 6.07 Å². The quantitative estimate of drug-likeness (QED) is 0.713. The van der Waals surface area contributed by atoms with Gasteiger partial charge in [-0.2, -0.15) is 5.26 Å². The molecule has 4 nitrogen and oxygen atoms in total. The lowest BCUT2D eigenvalue weighted by Crippen LogP contribution is -2.52. The van der Waals surface area contributed by atoms with Crippen LogP contribution in [0.3, 0.4) is 0 Å². The highest BCUT2D eigenvalue weighted by Gasteiger charge is 2.25. The number of rotatable bonds is 3. The van der Waals surface area contributed by atoms with Crippen molar-refractivity contribution < 1.29 is 4.79 Å². The second-order valence-corrected chi connectivity index (χ2v) is 3.54. The van der Waals surface area contributed by atoms with Gasteiger partial charge in [0.1, 0.15) is 6.04 Å². The normalized spacial score (nSPS) is 21.7. The summed E-state index contributed by atoms with van der Waals surface area (Å²) in [5.74, 6) is 0.125. The van der Waals surface area contributed by atoms with Crippen molar-refractivity contribution in [1.82, 2.24) is 10.2 Å². The average Bonchev–Trinajstić information content (AvgIpc) is 2.25. The standard InChI is InChI=1S/C10H17N3O/c1-2-3-4-10(14)13-6-5-12-8-9(13)7-11/h9,12H,2-6,8H2,1H3. The molecule has 0 spiro atoms. The molecule has 78 valence electrons. The minimum atomic E-state index is -0.270. The molecule has 1 rings (SSSR count). The van der Waals surface area contributed by atoms with E-state index in [0.717, 1.165) is 19.4 Å². The third-order valence-corrected chi connectivity index (χ3v) is 2.46. The first kappa shape index (κ1) is 11.0. The zero-order valence-electron chi connectivity index (χ0n) is 8.62. The first-order valence-electron chi connectivity index (χ1n) is 5.19. The lowest BCUT2D eigenvalue weighted by molar-refractivity contribution is -0.133. The Bertz CT molecular complexity index is 234. The summed E-state index contributed by atoms with van der Waals surface area (Å²) >= 11 is 0. The van der Waals surface area contributed by atoms with Crippen LogP contribution in [0.1, 0.15) is 26.2 Å². The van der Waals surface area contributed by atoms with Crippen molar-refractivity contribution in [3.63, 3.8) is 0 Å². The van der Waals surface area contributed by atoms with Crippen LogP contribution < -0.4 is 5.32 Å². The van der Waals surface area contributed by atoms with Gasteiger partial charge in [-0.05, 0) is 6.42 Å². The topological polar surface area (TPSA) is 56.1 Å². The fourth-order valence-corrected chi connectivity index (χ4v) is 1.59. The van der Waals surface area contributed by atoms with Crippen LogP contribution in [0.15, 0.2) is 0 Å². The Balaban J connectivity index is 2.47. The molecule has 0 aliphatic carbocycles. The molecule has 1 aliphatic heterocycles. The molecule has 0 aromatic rings. The SMILES string of the molecule is CCCCC(=O)N1CCNCC1C#N. The number of nitrogens with one attached hydrogen (secondary N) is 1. The maximum Gasteiger partial charge on any atom is 0.223 e. The molecule has 4 heteroatoms. The van der Waals surface area contributed by atoms with Crippen LogP contribution in [0.4, 0.5) is 0 Å². The molecule has 0 saturated carbocycles. The number of amides is 1. The third kappa shape index (κ3) is 2.71. The number of nitriles is 1. The van der Waals surface area contributed by atoms with Gasteiger partial charge >= 0.3 is 0 Å². The second kappa shape index (κ2) is 5.61. The molecular weight excluding hydrogens is 178 g/mol. The van der Waals surface area contributed by atoms with Crippen LogP contribution in [0.2, 0.25) is 0 Å². The van der Waals surface area contributed by atoms with Gasteiger partial charge in [0.25, 0.3) is 0 Å². The lowest BCUT2D eigenvalue weighted by Gasteiger charge is -2.32. The predicted octanol–water partition coefficient (Wildman–Crippen LogP) is 0.501. The molecule has 1 aliphatic rings. The van der Waals surface area contributed by atoms with Crippen LogP contribution in [-0.4, -0.2) is 36.5 Å².